The van der Waals surface area contributed by atoms with Crippen molar-refractivity contribution in [1.29, 1.82) is 0 Å². The highest BCUT2D eigenvalue weighted by Crippen LogP contribution is 2.19. The standard InChI is InChI=1S/C18H27NO4/c1-5-23-16(21)11-15(19-7-6-8-20)18(22)17-13(3)9-12(2)10-14(17)4/h9-10,15,19-20H,5-8,11H2,1-4H3. The Kier molecular flexibility index (Phi) is 7.92. The van der Waals surface area contributed by atoms with Crippen LogP contribution in [0.15, 0.2) is 12.1 Å². The van der Waals surface area contributed by atoms with Gasteiger partial charge in [-0.05, 0) is 51.8 Å². The number of aliphatic hydroxyl groups is 1. The minimum Gasteiger partial charge on any atom is -0.466 e. The molecule has 0 amide bonds. The average molecular weight is 321 g/mol. The molecule has 0 heterocycles. The lowest BCUT2D eigenvalue weighted by Crippen LogP contribution is -2.40. The minimum absolute atomic E-state index is 0.00907. The van der Waals surface area contributed by atoms with Gasteiger partial charge in [-0.3, -0.25) is 9.59 Å². The van der Waals surface area contributed by atoms with Crippen LogP contribution < -0.4 is 5.32 Å². The van der Waals surface area contributed by atoms with Crippen molar-refractivity contribution >= 4 is 11.8 Å². The van der Waals surface area contributed by atoms with Gasteiger partial charge in [0.1, 0.15) is 0 Å². The van der Waals surface area contributed by atoms with Crippen LogP contribution in [0.4, 0.5) is 0 Å². The van der Waals surface area contributed by atoms with Gasteiger partial charge in [0.05, 0.1) is 19.1 Å². The van der Waals surface area contributed by atoms with Crippen LogP contribution in [0, 0.1) is 20.8 Å². The Bertz CT molecular complexity index is 531. The van der Waals surface area contributed by atoms with E-state index in [1.807, 2.05) is 32.9 Å². The Hall–Kier alpha value is -1.72. The van der Waals surface area contributed by atoms with E-state index in [1.54, 1.807) is 6.92 Å². The maximum absolute atomic E-state index is 12.9. The topological polar surface area (TPSA) is 75.6 Å². The van der Waals surface area contributed by atoms with Crippen molar-refractivity contribution in [3.8, 4) is 0 Å². The molecule has 0 aliphatic heterocycles. The van der Waals surface area contributed by atoms with Gasteiger partial charge < -0.3 is 15.2 Å². The summed E-state index contributed by atoms with van der Waals surface area (Å²) in [6.07, 6.45) is 0.517. The molecule has 0 aromatic heterocycles. The second-order valence-electron chi connectivity index (χ2n) is 5.73. The highest BCUT2D eigenvalue weighted by Gasteiger charge is 2.25. The van der Waals surface area contributed by atoms with Crippen molar-refractivity contribution in [3.05, 3.63) is 34.4 Å². The second-order valence-corrected chi connectivity index (χ2v) is 5.73. The van der Waals surface area contributed by atoms with Gasteiger partial charge >= 0.3 is 5.97 Å². The lowest BCUT2D eigenvalue weighted by molar-refractivity contribution is -0.143. The molecule has 0 spiro atoms. The zero-order chi connectivity index (χ0) is 17.4. The number of hydrogen-bond donors (Lipinski definition) is 2. The third-order valence-corrected chi connectivity index (χ3v) is 3.64. The van der Waals surface area contributed by atoms with Gasteiger partial charge in [0.2, 0.25) is 0 Å². The summed E-state index contributed by atoms with van der Waals surface area (Å²) in [7, 11) is 0. The van der Waals surface area contributed by atoms with E-state index in [9.17, 15) is 9.59 Å². The maximum atomic E-state index is 12.9. The van der Waals surface area contributed by atoms with E-state index in [2.05, 4.69) is 5.32 Å². The van der Waals surface area contributed by atoms with Crippen LogP contribution in [0.5, 0.6) is 0 Å². The third kappa shape index (κ3) is 5.77. The highest BCUT2D eigenvalue weighted by atomic mass is 16.5. The normalized spacial score (nSPS) is 12.0. The number of carbonyl (C=O) groups excluding carboxylic acids is 2. The molecule has 0 saturated carbocycles. The fourth-order valence-electron chi connectivity index (χ4n) is 2.74. The lowest BCUT2D eigenvalue weighted by atomic mass is 9.92. The van der Waals surface area contributed by atoms with Crippen molar-refractivity contribution < 1.29 is 19.4 Å². The van der Waals surface area contributed by atoms with Gasteiger partial charge in [0.25, 0.3) is 0 Å². The molecule has 0 aliphatic carbocycles. The number of benzene rings is 1. The molecule has 5 nitrogen and oxygen atoms in total. The average Bonchev–Trinajstić information content (AvgIpc) is 2.45. The van der Waals surface area contributed by atoms with E-state index < -0.39 is 12.0 Å². The summed E-state index contributed by atoms with van der Waals surface area (Å²) in [5.74, 6) is -0.504. The molecule has 128 valence electrons. The molecule has 1 atom stereocenters. The number of nitrogens with one attached hydrogen (secondary N) is 1. The number of aliphatic hydroxyl groups excluding tert-OH is 1. The monoisotopic (exact) mass is 321 g/mol. The fraction of sp³-hybridized carbons (Fsp3) is 0.556. The molecule has 0 bridgehead atoms. The van der Waals surface area contributed by atoms with Crippen molar-refractivity contribution in [2.75, 3.05) is 19.8 Å². The molecule has 2 N–H and O–H groups in total. The predicted octanol–water partition coefficient (Wildman–Crippen LogP) is 2.09. The molecule has 1 aromatic carbocycles. The summed E-state index contributed by atoms with van der Waals surface area (Å²) in [6, 6.07) is 3.30. The summed E-state index contributed by atoms with van der Waals surface area (Å²) in [5.41, 5.74) is 3.57. The molecule has 23 heavy (non-hydrogen) atoms. The molecular weight excluding hydrogens is 294 g/mol. The first kappa shape index (κ1) is 19.3. The quantitative estimate of drug-likeness (QED) is 0.414. The Morgan fingerprint density at radius 2 is 1.83 bits per heavy atom. The van der Waals surface area contributed by atoms with Gasteiger partial charge in [-0.2, -0.15) is 0 Å². The van der Waals surface area contributed by atoms with Gasteiger partial charge in [-0.15, -0.1) is 0 Å². The number of hydrogen-bond acceptors (Lipinski definition) is 5. The molecule has 1 unspecified atom stereocenters. The van der Waals surface area contributed by atoms with Gasteiger partial charge in [0.15, 0.2) is 5.78 Å². The Morgan fingerprint density at radius 1 is 1.22 bits per heavy atom. The summed E-state index contributed by atoms with van der Waals surface area (Å²) in [6.45, 7) is 8.34. The first-order valence-corrected chi connectivity index (χ1v) is 8.02. The van der Waals surface area contributed by atoms with E-state index in [0.717, 1.165) is 16.7 Å². The van der Waals surface area contributed by atoms with Gasteiger partial charge in [-0.1, -0.05) is 17.7 Å². The van der Waals surface area contributed by atoms with E-state index >= 15 is 0 Å². The molecule has 0 aliphatic rings. The summed E-state index contributed by atoms with van der Waals surface area (Å²) >= 11 is 0. The van der Waals surface area contributed by atoms with Crippen LogP contribution in [-0.2, 0) is 9.53 Å². The van der Waals surface area contributed by atoms with Crippen molar-refractivity contribution in [2.24, 2.45) is 0 Å². The lowest BCUT2D eigenvalue weighted by Gasteiger charge is -2.19. The van der Waals surface area contributed by atoms with Crippen molar-refractivity contribution in [3.63, 3.8) is 0 Å². The van der Waals surface area contributed by atoms with E-state index in [4.69, 9.17) is 9.84 Å². The zero-order valence-corrected chi connectivity index (χ0v) is 14.4. The Morgan fingerprint density at radius 3 is 2.35 bits per heavy atom. The van der Waals surface area contributed by atoms with E-state index in [1.165, 1.54) is 0 Å². The van der Waals surface area contributed by atoms with Crippen molar-refractivity contribution in [2.45, 2.75) is 46.6 Å². The fourth-order valence-corrected chi connectivity index (χ4v) is 2.74. The number of Topliss-reactive ketones (excluding diaryl/α,β-unsaturated/α-hetero) is 1. The number of carbonyl (C=O) groups is 2. The molecule has 1 rings (SSSR count). The number of rotatable bonds is 9. The van der Waals surface area contributed by atoms with E-state index in [-0.39, 0.29) is 18.8 Å². The third-order valence-electron chi connectivity index (χ3n) is 3.64. The van der Waals surface area contributed by atoms with Crippen LogP contribution in [-0.4, -0.2) is 42.7 Å². The molecule has 0 radical (unpaired) electrons. The van der Waals surface area contributed by atoms with Gasteiger partial charge in [0, 0.05) is 12.2 Å². The highest BCUT2D eigenvalue weighted by molar-refractivity contribution is 6.04. The number of ketones is 1. The van der Waals surface area contributed by atoms with Crippen LogP contribution in [0.1, 0.15) is 46.8 Å². The zero-order valence-electron chi connectivity index (χ0n) is 14.4. The first-order chi connectivity index (χ1) is 10.9. The molecular formula is C18H27NO4. The Labute approximate surface area is 138 Å². The summed E-state index contributed by atoms with van der Waals surface area (Å²) in [5, 5.41) is 12.0. The van der Waals surface area contributed by atoms with Crippen LogP contribution >= 0.6 is 0 Å². The number of ether oxygens (including phenoxy) is 1. The molecule has 5 heteroatoms. The second kappa shape index (κ2) is 9.43. The van der Waals surface area contributed by atoms with Crippen LogP contribution in [0.25, 0.3) is 0 Å². The Balaban J connectivity index is 3.00. The smallest absolute Gasteiger partial charge is 0.307 e. The van der Waals surface area contributed by atoms with Crippen LogP contribution in [0.3, 0.4) is 0 Å². The SMILES string of the molecule is CCOC(=O)CC(NCCCO)C(=O)c1c(C)cc(C)cc1C. The maximum Gasteiger partial charge on any atom is 0.307 e. The largest absolute Gasteiger partial charge is 0.466 e. The molecule has 0 saturated heterocycles. The van der Waals surface area contributed by atoms with Crippen LogP contribution in [0.2, 0.25) is 0 Å². The first-order valence-electron chi connectivity index (χ1n) is 8.02. The summed E-state index contributed by atoms with van der Waals surface area (Å²) < 4.78 is 4.96. The number of aryl methyl sites for hydroxylation is 3. The molecule has 0 fully saturated rings. The van der Waals surface area contributed by atoms with E-state index in [0.29, 0.717) is 25.1 Å². The molecule has 1 aromatic rings. The predicted molar refractivity (Wildman–Crippen MR) is 89.7 cm³/mol. The van der Waals surface area contributed by atoms with Crippen molar-refractivity contribution in [1.82, 2.24) is 5.32 Å². The number of esters is 1. The summed E-state index contributed by atoms with van der Waals surface area (Å²) in [4.78, 5) is 24.7. The van der Waals surface area contributed by atoms with Gasteiger partial charge in [-0.25, -0.2) is 0 Å². The minimum atomic E-state index is -0.638.